The van der Waals surface area contributed by atoms with Gasteiger partial charge in [-0.1, -0.05) is 27.7 Å². The van der Waals surface area contributed by atoms with Gasteiger partial charge in [0.15, 0.2) is 5.78 Å². The van der Waals surface area contributed by atoms with Crippen LogP contribution in [-0.2, 0) is 0 Å². The second kappa shape index (κ2) is 4.59. The highest BCUT2D eigenvalue weighted by Gasteiger charge is 2.28. The van der Waals surface area contributed by atoms with Crippen LogP contribution in [0, 0.1) is 5.92 Å². The summed E-state index contributed by atoms with van der Waals surface area (Å²) in [7, 11) is 0. The molecule has 0 aliphatic heterocycles. The van der Waals surface area contributed by atoms with Gasteiger partial charge in [0.25, 0.3) is 0 Å². The fourth-order valence-electron chi connectivity index (χ4n) is 2.61. The van der Waals surface area contributed by atoms with Crippen LogP contribution in [0.3, 0.4) is 0 Å². The molecule has 1 aromatic rings. The van der Waals surface area contributed by atoms with Gasteiger partial charge in [-0.25, -0.2) is 0 Å². The number of ketones is 1. The molecule has 1 aliphatic carbocycles. The fourth-order valence-corrected chi connectivity index (χ4v) is 2.61. The minimum absolute atomic E-state index is 0.264. The molecule has 0 saturated heterocycles. The number of hydrogen-bond donors (Lipinski definition) is 0. The maximum Gasteiger partial charge on any atom is 0.164 e. The number of Topliss-reactive ketones (excluding diaryl/α,β-unsaturated/α-hetero) is 1. The Hall–Kier alpha value is -1.18. The molecule has 1 heterocycles. The highest BCUT2D eigenvalue weighted by atomic mass is 16.1. The van der Waals surface area contributed by atoms with E-state index in [1.54, 1.807) is 6.20 Å². The Kier molecular flexibility index (Phi) is 3.32. The van der Waals surface area contributed by atoms with Gasteiger partial charge in [-0.3, -0.25) is 9.78 Å². The van der Waals surface area contributed by atoms with Crippen molar-refractivity contribution in [2.45, 2.75) is 52.4 Å². The van der Waals surface area contributed by atoms with Gasteiger partial charge in [-0.15, -0.1) is 0 Å². The fraction of sp³-hybridized carbons (Fsp3) is 0.600. The van der Waals surface area contributed by atoms with Gasteiger partial charge in [0.1, 0.15) is 0 Å². The van der Waals surface area contributed by atoms with Gasteiger partial charge in [0.2, 0.25) is 0 Å². The highest BCUT2D eigenvalue weighted by Crippen LogP contribution is 2.37. The number of hydrogen-bond acceptors (Lipinski definition) is 2. The van der Waals surface area contributed by atoms with Crippen molar-refractivity contribution in [2.75, 3.05) is 0 Å². The molecule has 0 radical (unpaired) electrons. The first-order chi connectivity index (χ1) is 8.00. The van der Waals surface area contributed by atoms with Crippen LogP contribution in [0.1, 0.15) is 74.0 Å². The van der Waals surface area contributed by atoms with Crippen molar-refractivity contribution >= 4 is 5.78 Å². The van der Waals surface area contributed by atoms with Crippen molar-refractivity contribution in [1.29, 1.82) is 0 Å². The van der Waals surface area contributed by atoms with Crippen LogP contribution in [0.4, 0.5) is 0 Å². The molecule has 1 aliphatic rings. The second-order valence-corrected chi connectivity index (χ2v) is 5.66. The third-order valence-corrected chi connectivity index (χ3v) is 3.74. The average Bonchev–Trinajstić information content (AvgIpc) is 2.28. The number of rotatable bonds is 2. The molecule has 0 spiro atoms. The van der Waals surface area contributed by atoms with E-state index < -0.39 is 0 Å². The molecule has 0 fully saturated rings. The van der Waals surface area contributed by atoms with Gasteiger partial charge >= 0.3 is 0 Å². The Morgan fingerprint density at radius 3 is 2.59 bits per heavy atom. The van der Waals surface area contributed by atoms with Crippen molar-refractivity contribution in [3.05, 3.63) is 29.1 Å². The minimum atomic E-state index is 0.264. The van der Waals surface area contributed by atoms with E-state index in [1.807, 2.05) is 0 Å². The summed E-state index contributed by atoms with van der Waals surface area (Å²) in [4.78, 5) is 16.3. The molecule has 0 aromatic carbocycles. The lowest BCUT2D eigenvalue weighted by molar-refractivity contribution is 0.0962. The molecule has 2 nitrogen and oxygen atoms in total. The molecule has 92 valence electrons. The normalized spacial score (nSPS) is 19.9. The van der Waals surface area contributed by atoms with Crippen LogP contribution < -0.4 is 0 Å². The summed E-state index contributed by atoms with van der Waals surface area (Å²) in [6, 6.07) is 2.15. The van der Waals surface area contributed by atoms with Gasteiger partial charge in [-0.05, 0) is 35.8 Å². The Morgan fingerprint density at radius 2 is 2.00 bits per heavy atom. The molecule has 2 rings (SSSR count). The molecular formula is C15H21NO. The SMILES string of the molecule is CC(C)c1cc2c(cn1)C(=O)CCC2C(C)C. The van der Waals surface area contributed by atoms with Crippen molar-refractivity contribution in [1.82, 2.24) is 4.98 Å². The zero-order chi connectivity index (χ0) is 12.6. The highest BCUT2D eigenvalue weighted by molar-refractivity contribution is 5.98. The number of pyridine rings is 1. The molecule has 0 amide bonds. The monoisotopic (exact) mass is 231 g/mol. The van der Waals surface area contributed by atoms with Gasteiger partial charge < -0.3 is 0 Å². The molecule has 1 aromatic heterocycles. The van der Waals surface area contributed by atoms with Crippen LogP contribution in [-0.4, -0.2) is 10.8 Å². The molecule has 0 N–H and O–H groups in total. The first-order valence-electron chi connectivity index (χ1n) is 6.53. The Balaban J connectivity index is 2.50. The third kappa shape index (κ3) is 2.26. The molecule has 2 heteroatoms. The van der Waals surface area contributed by atoms with Crippen LogP contribution >= 0.6 is 0 Å². The summed E-state index contributed by atoms with van der Waals surface area (Å²) in [5, 5.41) is 0. The summed E-state index contributed by atoms with van der Waals surface area (Å²) in [5.74, 6) is 1.79. The van der Waals surface area contributed by atoms with Crippen LogP contribution in [0.25, 0.3) is 0 Å². The largest absolute Gasteiger partial charge is 0.294 e. The van der Waals surface area contributed by atoms with E-state index in [-0.39, 0.29) is 5.78 Å². The van der Waals surface area contributed by atoms with Crippen LogP contribution in [0.5, 0.6) is 0 Å². The molecule has 0 bridgehead atoms. The van der Waals surface area contributed by atoms with Crippen molar-refractivity contribution in [3.8, 4) is 0 Å². The van der Waals surface area contributed by atoms with Crippen LogP contribution in [0.2, 0.25) is 0 Å². The number of fused-ring (bicyclic) bond motifs is 1. The minimum Gasteiger partial charge on any atom is -0.294 e. The zero-order valence-electron chi connectivity index (χ0n) is 11.2. The first-order valence-corrected chi connectivity index (χ1v) is 6.53. The van der Waals surface area contributed by atoms with Crippen molar-refractivity contribution < 1.29 is 4.79 Å². The summed E-state index contributed by atoms with van der Waals surface area (Å²) in [6.07, 6.45) is 3.46. The van der Waals surface area contributed by atoms with E-state index in [1.165, 1.54) is 5.56 Å². The van der Waals surface area contributed by atoms with E-state index in [0.717, 1.165) is 17.7 Å². The Bertz CT molecular complexity index is 435. The number of aromatic nitrogens is 1. The smallest absolute Gasteiger partial charge is 0.164 e. The summed E-state index contributed by atoms with van der Waals surface area (Å²) < 4.78 is 0. The van der Waals surface area contributed by atoms with E-state index in [4.69, 9.17) is 0 Å². The van der Waals surface area contributed by atoms with Gasteiger partial charge in [0.05, 0.1) is 0 Å². The lowest BCUT2D eigenvalue weighted by atomic mass is 9.76. The first kappa shape index (κ1) is 12.3. The number of carbonyl (C=O) groups excluding carboxylic acids is 1. The number of carbonyl (C=O) groups is 1. The molecule has 17 heavy (non-hydrogen) atoms. The lowest BCUT2D eigenvalue weighted by Crippen LogP contribution is -2.20. The van der Waals surface area contributed by atoms with E-state index in [2.05, 4.69) is 38.7 Å². The second-order valence-electron chi connectivity index (χ2n) is 5.66. The summed E-state index contributed by atoms with van der Waals surface area (Å²) in [5.41, 5.74) is 3.19. The number of nitrogens with zero attached hydrogens (tertiary/aromatic N) is 1. The average molecular weight is 231 g/mol. The van der Waals surface area contributed by atoms with Gasteiger partial charge in [-0.2, -0.15) is 0 Å². The van der Waals surface area contributed by atoms with E-state index in [0.29, 0.717) is 24.2 Å². The van der Waals surface area contributed by atoms with Crippen LogP contribution in [0.15, 0.2) is 12.3 Å². The maximum atomic E-state index is 11.9. The van der Waals surface area contributed by atoms with Crippen molar-refractivity contribution in [3.63, 3.8) is 0 Å². The summed E-state index contributed by atoms with van der Waals surface area (Å²) >= 11 is 0. The molecule has 1 atom stereocenters. The van der Waals surface area contributed by atoms with E-state index in [9.17, 15) is 4.79 Å². The predicted octanol–water partition coefficient (Wildman–Crippen LogP) is 3.92. The van der Waals surface area contributed by atoms with Gasteiger partial charge in [0, 0.05) is 23.9 Å². The standard InChI is InChI=1S/C15H21NO/c1-9(2)11-5-6-15(17)13-8-16-14(10(3)4)7-12(11)13/h7-11H,5-6H2,1-4H3. The zero-order valence-corrected chi connectivity index (χ0v) is 11.2. The molecule has 1 unspecified atom stereocenters. The quantitative estimate of drug-likeness (QED) is 0.772. The molecular weight excluding hydrogens is 210 g/mol. The van der Waals surface area contributed by atoms with E-state index >= 15 is 0 Å². The topological polar surface area (TPSA) is 30.0 Å². The maximum absolute atomic E-state index is 11.9. The lowest BCUT2D eigenvalue weighted by Gasteiger charge is -2.28. The summed E-state index contributed by atoms with van der Waals surface area (Å²) in [6.45, 7) is 8.76. The van der Waals surface area contributed by atoms with Crippen molar-refractivity contribution in [2.24, 2.45) is 5.92 Å². The molecule has 0 saturated carbocycles. The predicted molar refractivity (Wildman–Crippen MR) is 69.5 cm³/mol. The third-order valence-electron chi connectivity index (χ3n) is 3.74. The Morgan fingerprint density at radius 1 is 1.29 bits per heavy atom. The Labute approximate surface area is 103 Å².